The molecule has 3 rings (SSSR count). The van der Waals surface area contributed by atoms with Crippen molar-refractivity contribution in [3.8, 4) is 0 Å². The van der Waals surface area contributed by atoms with Gasteiger partial charge < -0.3 is 10.4 Å². The number of aromatic nitrogens is 4. The minimum absolute atomic E-state index is 0.103. The van der Waals surface area contributed by atoms with Gasteiger partial charge in [-0.2, -0.15) is 10.2 Å². The summed E-state index contributed by atoms with van der Waals surface area (Å²) in [6.45, 7) is -0.197. The second-order valence-electron chi connectivity index (χ2n) is 5.21. The molecule has 0 saturated heterocycles. The Hall–Kier alpha value is -3.49. The number of halogens is 1. The summed E-state index contributed by atoms with van der Waals surface area (Å²) in [6, 6.07) is 9.33. The Balaban J connectivity index is 1.69. The molecule has 0 radical (unpaired) electrons. The average Bonchev–Trinajstić information content (AvgIpc) is 3.18. The zero-order chi connectivity index (χ0) is 17.8. The lowest BCUT2D eigenvalue weighted by atomic mass is 10.2. The lowest BCUT2D eigenvalue weighted by Gasteiger charge is -2.05. The van der Waals surface area contributed by atoms with E-state index in [4.69, 9.17) is 5.11 Å². The summed E-state index contributed by atoms with van der Waals surface area (Å²) in [6.07, 6.45) is 2.95. The fourth-order valence-corrected chi connectivity index (χ4v) is 2.28. The van der Waals surface area contributed by atoms with Gasteiger partial charge in [0.15, 0.2) is 5.82 Å². The summed E-state index contributed by atoms with van der Waals surface area (Å²) >= 11 is 0. The molecule has 0 fully saturated rings. The Kier molecular flexibility index (Phi) is 4.55. The molecule has 8 nitrogen and oxygen atoms in total. The predicted molar refractivity (Wildman–Crippen MR) is 85.5 cm³/mol. The monoisotopic (exact) mass is 343 g/mol. The molecule has 2 N–H and O–H groups in total. The van der Waals surface area contributed by atoms with Crippen molar-refractivity contribution in [2.24, 2.45) is 0 Å². The van der Waals surface area contributed by atoms with Gasteiger partial charge in [0.1, 0.15) is 18.1 Å². The molecule has 25 heavy (non-hydrogen) atoms. The molecule has 1 amide bonds. The second-order valence-corrected chi connectivity index (χ2v) is 5.21. The van der Waals surface area contributed by atoms with E-state index in [1.165, 1.54) is 23.0 Å². The molecule has 0 spiro atoms. The number of aliphatic carboxylic acids is 1. The van der Waals surface area contributed by atoms with Gasteiger partial charge in [-0.05, 0) is 12.1 Å². The van der Waals surface area contributed by atoms with Crippen LogP contribution >= 0.6 is 0 Å². The molecular formula is C16H14FN5O3. The van der Waals surface area contributed by atoms with Gasteiger partial charge in [0.2, 0.25) is 0 Å². The Morgan fingerprint density at radius 3 is 2.76 bits per heavy atom. The third kappa shape index (κ3) is 3.89. The molecule has 0 atom stereocenters. The average molecular weight is 343 g/mol. The van der Waals surface area contributed by atoms with Crippen LogP contribution in [0.3, 0.4) is 0 Å². The van der Waals surface area contributed by atoms with Crippen LogP contribution in [-0.4, -0.2) is 36.5 Å². The quantitative estimate of drug-likeness (QED) is 0.708. The van der Waals surface area contributed by atoms with Gasteiger partial charge in [-0.1, -0.05) is 18.2 Å². The first-order chi connectivity index (χ1) is 12.0. The van der Waals surface area contributed by atoms with Crippen LogP contribution in [0.15, 0.2) is 48.8 Å². The number of amides is 1. The van der Waals surface area contributed by atoms with Crippen molar-refractivity contribution >= 4 is 17.7 Å². The van der Waals surface area contributed by atoms with Gasteiger partial charge in [0, 0.05) is 24.0 Å². The van der Waals surface area contributed by atoms with Gasteiger partial charge >= 0.3 is 5.97 Å². The maximum Gasteiger partial charge on any atom is 0.325 e. The maximum atomic E-state index is 13.7. The van der Waals surface area contributed by atoms with Crippen LogP contribution < -0.4 is 5.32 Å². The molecule has 128 valence electrons. The zero-order valence-corrected chi connectivity index (χ0v) is 13.0. The molecule has 0 aliphatic carbocycles. The molecule has 0 unspecified atom stereocenters. The minimum atomic E-state index is -1.10. The number of carbonyl (C=O) groups excluding carboxylic acids is 1. The molecule has 0 aliphatic heterocycles. The highest BCUT2D eigenvalue weighted by molar-refractivity contribution is 6.02. The minimum Gasteiger partial charge on any atom is -0.480 e. The number of anilines is 1. The molecule has 0 bridgehead atoms. The molecule has 0 saturated carbocycles. The molecule has 1 aromatic carbocycles. The summed E-state index contributed by atoms with van der Waals surface area (Å²) in [7, 11) is 0. The number of nitrogens with one attached hydrogen (secondary N) is 1. The first-order valence-electron chi connectivity index (χ1n) is 7.35. The van der Waals surface area contributed by atoms with Gasteiger partial charge in [-0.3, -0.25) is 14.3 Å². The largest absolute Gasteiger partial charge is 0.480 e. The number of benzene rings is 1. The van der Waals surface area contributed by atoms with E-state index in [1.54, 1.807) is 30.5 Å². The van der Waals surface area contributed by atoms with E-state index in [9.17, 15) is 14.0 Å². The molecule has 3 aromatic rings. The Morgan fingerprint density at radius 2 is 2.00 bits per heavy atom. The molecule has 2 heterocycles. The number of carboxylic acid groups (broad SMARTS) is 1. The fraction of sp³-hybridized carbons (Fsp3) is 0.125. The van der Waals surface area contributed by atoms with E-state index in [0.29, 0.717) is 5.56 Å². The molecular weight excluding hydrogens is 329 g/mol. The topological polar surface area (TPSA) is 102 Å². The van der Waals surface area contributed by atoms with Crippen LogP contribution in [0.5, 0.6) is 0 Å². The number of rotatable bonds is 6. The molecule has 9 heteroatoms. The predicted octanol–water partition coefficient (Wildman–Crippen LogP) is 1.60. The summed E-state index contributed by atoms with van der Waals surface area (Å²) < 4.78 is 16.2. The Labute approximate surface area is 141 Å². The van der Waals surface area contributed by atoms with Crippen molar-refractivity contribution in [1.82, 2.24) is 19.6 Å². The van der Waals surface area contributed by atoms with Gasteiger partial charge in [0.25, 0.3) is 5.91 Å². The first kappa shape index (κ1) is 16.4. The van der Waals surface area contributed by atoms with E-state index in [1.807, 2.05) is 0 Å². The first-order valence-corrected chi connectivity index (χ1v) is 7.35. The Morgan fingerprint density at radius 1 is 1.20 bits per heavy atom. The molecule has 0 aliphatic rings. The fourth-order valence-electron chi connectivity index (χ4n) is 2.28. The van der Waals surface area contributed by atoms with Crippen molar-refractivity contribution in [2.75, 3.05) is 5.32 Å². The highest BCUT2D eigenvalue weighted by Gasteiger charge is 2.15. The number of hydrogen-bond donors (Lipinski definition) is 2. The van der Waals surface area contributed by atoms with Crippen LogP contribution in [0.2, 0.25) is 0 Å². The lowest BCUT2D eigenvalue weighted by Crippen LogP contribution is -2.21. The van der Waals surface area contributed by atoms with Gasteiger partial charge in [0.05, 0.1) is 6.54 Å². The van der Waals surface area contributed by atoms with Crippen molar-refractivity contribution in [1.29, 1.82) is 0 Å². The van der Waals surface area contributed by atoms with Crippen LogP contribution in [-0.2, 0) is 17.9 Å². The summed E-state index contributed by atoms with van der Waals surface area (Å²) in [5.74, 6) is -1.70. The SMILES string of the molecule is O=C(O)Cn1nccc1C(=O)Nc1ccn(Cc2ccccc2F)n1. The van der Waals surface area contributed by atoms with Crippen molar-refractivity contribution in [3.05, 3.63) is 65.9 Å². The van der Waals surface area contributed by atoms with Crippen LogP contribution in [0.25, 0.3) is 0 Å². The highest BCUT2D eigenvalue weighted by Crippen LogP contribution is 2.11. The maximum absolute atomic E-state index is 13.7. The Bertz CT molecular complexity index is 918. The smallest absolute Gasteiger partial charge is 0.325 e. The highest BCUT2D eigenvalue weighted by atomic mass is 19.1. The standard InChI is InChI=1S/C16H14FN5O3/c17-12-4-2-1-3-11(12)9-21-8-6-14(20-21)19-16(25)13-5-7-18-22(13)10-15(23)24/h1-8H,9-10H2,(H,23,24)(H,19,20,25). The van der Waals surface area contributed by atoms with Crippen LogP contribution in [0.1, 0.15) is 16.1 Å². The summed E-state index contributed by atoms with van der Waals surface area (Å²) in [4.78, 5) is 23.0. The number of carbonyl (C=O) groups is 2. The zero-order valence-electron chi connectivity index (χ0n) is 13.0. The van der Waals surface area contributed by atoms with E-state index in [-0.39, 0.29) is 23.9 Å². The van der Waals surface area contributed by atoms with E-state index in [2.05, 4.69) is 15.5 Å². The van der Waals surface area contributed by atoms with Gasteiger partial charge in [-0.15, -0.1) is 0 Å². The van der Waals surface area contributed by atoms with E-state index < -0.39 is 18.4 Å². The third-order valence-electron chi connectivity index (χ3n) is 3.41. The summed E-state index contributed by atoms with van der Waals surface area (Å²) in [5, 5.41) is 19.3. The lowest BCUT2D eigenvalue weighted by molar-refractivity contribution is -0.137. The van der Waals surface area contributed by atoms with Crippen LogP contribution in [0, 0.1) is 5.82 Å². The molecule has 2 aromatic heterocycles. The summed E-state index contributed by atoms with van der Waals surface area (Å²) in [5.41, 5.74) is 0.578. The van der Waals surface area contributed by atoms with Crippen LogP contribution in [0.4, 0.5) is 10.2 Å². The van der Waals surface area contributed by atoms with E-state index >= 15 is 0 Å². The number of carboxylic acids is 1. The second kappa shape index (κ2) is 6.95. The van der Waals surface area contributed by atoms with Crippen molar-refractivity contribution in [3.63, 3.8) is 0 Å². The van der Waals surface area contributed by atoms with E-state index in [0.717, 1.165) is 4.68 Å². The normalized spacial score (nSPS) is 10.6. The van der Waals surface area contributed by atoms with Crippen molar-refractivity contribution < 1.29 is 19.1 Å². The number of nitrogens with zero attached hydrogens (tertiary/aromatic N) is 4. The van der Waals surface area contributed by atoms with Gasteiger partial charge in [-0.25, -0.2) is 9.07 Å². The number of hydrogen-bond acceptors (Lipinski definition) is 4. The third-order valence-corrected chi connectivity index (χ3v) is 3.41. The van der Waals surface area contributed by atoms with Crippen molar-refractivity contribution in [2.45, 2.75) is 13.1 Å².